The first-order valence-electron chi connectivity index (χ1n) is 7.60. The lowest BCUT2D eigenvalue weighted by Gasteiger charge is -2.44. The summed E-state index contributed by atoms with van der Waals surface area (Å²) in [6.07, 6.45) is -0.0880. The van der Waals surface area contributed by atoms with Crippen LogP contribution in [0.25, 0.3) is 0 Å². The van der Waals surface area contributed by atoms with Crippen LogP contribution in [0.15, 0.2) is 12.7 Å². The molecule has 0 radical (unpaired) electrons. The summed E-state index contributed by atoms with van der Waals surface area (Å²) in [5, 5.41) is 22.3. The quantitative estimate of drug-likeness (QED) is 0.408. The van der Waals surface area contributed by atoms with Crippen molar-refractivity contribution < 1.29 is 29.2 Å². The maximum Gasteiger partial charge on any atom is 0.217 e. The number of nitrogens with one attached hydrogen (secondary N) is 1. The monoisotopic (exact) mass is 317 g/mol. The maximum absolute atomic E-state index is 11.4. The molecule has 1 saturated heterocycles. The zero-order valence-corrected chi connectivity index (χ0v) is 13.2. The van der Waals surface area contributed by atoms with Crippen LogP contribution in [0.1, 0.15) is 26.7 Å². The molecule has 0 aliphatic carbocycles. The summed E-state index contributed by atoms with van der Waals surface area (Å²) in [5.74, 6) is -0.278. The predicted molar refractivity (Wildman–Crippen MR) is 80.2 cm³/mol. The Morgan fingerprint density at radius 3 is 2.73 bits per heavy atom. The molecule has 22 heavy (non-hydrogen) atoms. The van der Waals surface area contributed by atoms with Crippen molar-refractivity contribution in [1.29, 1.82) is 0 Å². The van der Waals surface area contributed by atoms with Gasteiger partial charge < -0.3 is 29.7 Å². The maximum atomic E-state index is 11.4. The van der Waals surface area contributed by atoms with E-state index in [2.05, 4.69) is 11.9 Å². The van der Waals surface area contributed by atoms with Crippen LogP contribution in [-0.2, 0) is 19.0 Å². The number of unbranched alkanes of at least 4 members (excludes halogenated alkanes) is 1. The van der Waals surface area contributed by atoms with Gasteiger partial charge >= 0.3 is 0 Å². The van der Waals surface area contributed by atoms with Crippen molar-refractivity contribution >= 4 is 5.91 Å². The molecule has 0 saturated carbocycles. The van der Waals surface area contributed by atoms with Crippen molar-refractivity contribution in [2.24, 2.45) is 0 Å². The van der Waals surface area contributed by atoms with Gasteiger partial charge in [-0.1, -0.05) is 19.4 Å². The van der Waals surface area contributed by atoms with Crippen molar-refractivity contribution in [2.75, 3.05) is 19.8 Å². The molecule has 3 unspecified atom stereocenters. The summed E-state index contributed by atoms with van der Waals surface area (Å²) in [5.41, 5.74) is 0. The Kier molecular flexibility index (Phi) is 8.59. The van der Waals surface area contributed by atoms with Crippen molar-refractivity contribution in [1.82, 2.24) is 5.32 Å². The number of carbonyl (C=O) groups excluding carboxylic acids is 1. The number of hydrogen-bond donors (Lipinski definition) is 3. The van der Waals surface area contributed by atoms with Gasteiger partial charge in [-0.2, -0.15) is 0 Å². The number of amides is 1. The molecule has 0 aromatic carbocycles. The Balaban J connectivity index is 2.88. The van der Waals surface area contributed by atoms with Gasteiger partial charge in [-0.25, -0.2) is 0 Å². The summed E-state index contributed by atoms with van der Waals surface area (Å²) in [6, 6.07) is -0.660. The van der Waals surface area contributed by atoms with Gasteiger partial charge in [0.05, 0.1) is 13.2 Å². The molecule has 7 heteroatoms. The fourth-order valence-electron chi connectivity index (χ4n) is 2.32. The van der Waals surface area contributed by atoms with Crippen molar-refractivity contribution in [2.45, 2.75) is 57.3 Å². The van der Waals surface area contributed by atoms with Crippen LogP contribution in [0.5, 0.6) is 0 Å². The van der Waals surface area contributed by atoms with E-state index in [4.69, 9.17) is 14.2 Å². The third-order valence-electron chi connectivity index (χ3n) is 3.41. The van der Waals surface area contributed by atoms with Gasteiger partial charge in [0.15, 0.2) is 6.29 Å². The molecule has 1 rings (SSSR count). The molecule has 0 aromatic heterocycles. The first-order chi connectivity index (χ1) is 10.5. The molecule has 1 aliphatic heterocycles. The van der Waals surface area contributed by atoms with E-state index in [1.165, 1.54) is 6.92 Å². The number of hydrogen-bond acceptors (Lipinski definition) is 6. The van der Waals surface area contributed by atoms with E-state index in [1.807, 2.05) is 6.92 Å². The standard InChI is InChI=1S/C15H27NO6/c1-4-6-8-21-15-12(16-10(3)18)14(20-7-5-2)13(19)11(9-17)22-15/h5,11-15,17,19H,2,4,6-9H2,1,3H3,(H,16,18)/t11?,12?,13-,14?,15+/m1/s1. The molecule has 1 fully saturated rings. The number of ether oxygens (including phenoxy) is 3. The van der Waals surface area contributed by atoms with E-state index in [0.29, 0.717) is 6.61 Å². The Morgan fingerprint density at radius 1 is 1.45 bits per heavy atom. The van der Waals surface area contributed by atoms with E-state index < -0.39 is 30.6 Å². The Labute approximate surface area is 131 Å². The average molecular weight is 317 g/mol. The third kappa shape index (κ3) is 5.33. The van der Waals surface area contributed by atoms with E-state index in [-0.39, 0.29) is 19.1 Å². The zero-order valence-electron chi connectivity index (χ0n) is 13.2. The second-order valence-corrected chi connectivity index (χ2v) is 5.25. The van der Waals surface area contributed by atoms with Crippen molar-refractivity contribution in [3.8, 4) is 0 Å². The minimum Gasteiger partial charge on any atom is -0.394 e. The highest BCUT2D eigenvalue weighted by Crippen LogP contribution is 2.24. The lowest BCUT2D eigenvalue weighted by atomic mass is 9.96. The highest BCUT2D eigenvalue weighted by molar-refractivity contribution is 5.73. The second-order valence-electron chi connectivity index (χ2n) is 5.25. The molecule has 7 nitrogen and oxygen atoms in total. The zero-order chi connectivity index (χ0) is 16.5. The van der Waals surface area contributed by atoms with Gasteiger partial charge in [0.1, 0.15) is 24.4 Å². The molecule has 0 aromatic rings. The van der Waals surface area contributed by atoms with Gasteiger partial charge in [-0.3, -0.25) is 4.79 Å². The largest absolute Gasteiger partial charge is 0.394 e. The van der Waals surface area contributed by atoms with Gasteiger partial charge in [0.2, 0.25) is 5.91 Å². The van der Waals surface area contributed by atoms with Crippen LogP contribution in [0.4, 0.5) is 0 Å². The molecule has 1 aliphatic rings. The first kappa shape index (κ1) is 19.1. The van der Waals surface area contributed by atoms with Crippen molar-refractivity contribution in [3.05, 3.63) is 12.7 Å². The van der Waals surface area contributed by atoms with E-state index in [0.717, 1.165) is 12.8 Å². The Hall–Kier alpha value is -0.990. The SMILES string of the molecule is C=CCOC1C(NC(C)=O)[C@@H](OCCCC)OC(CO)[C@H]1O. The van der Waals surface area contributed by atoms with Gasteiger partial charge in [-0.15, -0.1) is 6.58 Å². The summed E-state index contributed by atoms with van der Waals surface area (Å²) >= 11 is 0. The average Bonchev–Trinajstić information content (AvgIpc) is 2.48. The molecule has 1 heterocycles. The summed E-state index contributed by atoms with van der Waals surface area (Å²) in [7, 11) is 0. The topological polar surface area (TPSA) is 97.3 Å². The second kappa shape index (κ2) is 9.91. The first-order valence-corrected chi connectivity index (χ1v) is 7.60. The predicted octanol–water partition coefficient (Wildman–Crippen LogP) is -0.0429. The normalized spacial score (nSPS) is 31.7. The number of carbonyl (C=O) groups is 1. The van der Waals surface area contributed by atoms with Crippen molar-refractivity contribution in [3.63, 3.8) is 0 Å². The Bertz CT molecular complexity index is 351. The molecule has 0 bridgehead atoms. The van der Waals surface area contributed by atoms with Gasteiger partial charge in [0, 0.05) is 13.5 Å². The Morgan fingerprint density at radius 2 is 2.18 bits per heavy atom. The number of rotatable bonds is 9. The van der Waals surface area contributed by atoms with Gasteiger partial charge in [0.25, 0.3) is 0 Å². The van der Waals surface area contributed by atoms with Crippen LogP contribution in [0.2, 0.25) is 0 Å². The van der Waals surface area contributed by atoms with Crippen LogP contribution in [0, 0.1) is 0 Å². The fourth-order valence-corrected chi connectivity index (χ4v) is 2.32. The van der Waals surface area contributed by atoms with Crippen LogP contribution < -0.4 is 5.32 Å². The molecular formula is C15H27NO6. The molecule has 1 amide bonds. The minimum absolute atomic E-state index is 0.206. The summed E-state index contributed by atoms with van der Waals surface area (Å²) in [4.78, 5) is 11.4. The minimum atomic E-state index is -1.08. The molecule has 0 spiro atoms. The lowest BCUT2D eigenvalue weighted by molar-refractivity contribution is -0.275. The molecule has 3 N–H and O–H groups in total. The fraction of sp³-hybridized carbons (Fsp3) is 0.800. The van der Waals surface area contributed by atoms with E-state index in [9.17, 15) is 15.0 Å². The van der Waals surface area contributed by atoms with Gasteiger partial charge in [-0.05, 0) is 6.42 Å². The summed E-state index contributed by atoms with van der Waals surface area (Å²) < 4.78 is 16.8. The number of aliphatic hydroxyl groups is 2. The highest BCUT2D eigenvalue weighted by atomic mass is 16.7. The third-order valence-corrected chi connectivity index (χ3v) is 3.41. The van der Waals surface area contributed by atoms with Crippen LogP contribution in [-0.4, -0.2) is 66.6 Å². The number of aliphatic hydroxyl groups excluding tert-OH is 2. The molecule has 5 atom stereocenters. The lowest BCUT2D eigenvalue weighted by Crippen LogP contribution is -2.65. The highest BCUT2D eigenvalue weighted by Gasteiger charge is 2.46. The smallest absolute Gasteiger partial charge is 0.217 e. The van der Waals surface area contributed by atoms with E-state index >= 15 is 0 Å². The van der Waals surface area contributed by atoms with Crippen LogP contribution in [0.3, 0.4) is 0 Å². The molecular weight excluding hydrogens is 290 g/mol. The molecule has 128 valence electrons. The van der Waals surface area contributed by atoms with E-state index in [1.54, 1.807) is 6.08 Å². The van der Waals surface area contributed by atoms with Crippen LogP contribution >= 0.6 is 0 Å². The summed E-state index contributed by atoms with van der Waals surface area (Å²) in [6.45, 7) is 7.28.